The van der Waals surface area contributed by atoms with Crippen molar-refractivity contribution in [3.8, 4) is 0 Å². The van der Waals surface area contributed by atoms with E-state index in [4.69, 9.17) is 0 Å². The number of rotatable bonds is 2. The van der Waals surface area contributed by atoms with E-state index in [-0.39, 0.29) is 0 Å². The maximum atomic E-state index is 4.14. The predicted molar refractivity (Wildman–Crippen MR) is 60.5 cm³/mol. The summed E-state index contributed by atoms with van der Waals surface area (Å²) in [6.07, 6.45) is 6.01. The Morgan fingerprint density at radius 2 is 1.64 bits per heavy atom. The predicted octanol–water partition coefficient (Wildman–Crippen LogP) is 3.36. The SMILES string of the molecule is CCc1cc2ccncc2cc1CC. The fourth-order valence-corrected chi connectivity index (χ4v) is 1.89. The van der Waals surface area contributed by atoms with E-state index in [1.165, 1.54) is 21.9 Å². The molecule has 0 saturated carbocycles. The molecule has 1 nitrogen and oxygen atoms in total. The van der Waals surface area contributed by atoms with Gasteiger partial charge in [-0.25, -0.2) is 0 Å². The van der Waals surface area contributed by atoms with Crippen LogP contribution in [-0.4, -0.2) is 4.98 Å². The highest BCUT2D eigenvalue weighted by Crippen LogP contribution is 2.20. The maximum absolute atomic E-state index is 4.14. The number of hydrogen-bond acceptors (Lipinski definition) is 1. The summed E-state index contributed by atoms with van der Waals surface area (Å²) in [5.74, 6) is 0. The first-order valence-corrected chi connectivity index (χ1v) is 5.20. The highest BCUT2D eigenvalue weighted by Gasteiger charge is 2.01. The Morgan fingerprint density at radius 1 is 1.00 bits per heavy atom. The van der Waals surface area contributed by atoms with E-state index in [1.807, 2.05) is 12.4 Å². The van der Waals surface area contributed by atoms with Gasteiger partial charge in [-0.15, -0.1) is 0 Å². The maximum Gasteiger partial charge on any atom is 0.0346 e. The fourth-order valence-electron chi connectivity index (χ4n) is 1.89. The van der Waals surface area contributed by atoms with E-state index in [0.29, 0.717) is 0 Å². The molecule has 0 aliphatic heterocycles. The quantitative estimate of drug-likeness (QED) is 0.699. The van der Waals surface area contributed by atoms with Crippen LogP contribution in [0.1, 0.15) is 25.0 Å². The molecule has 0 atom stereocenters. The minimum atomic E-state index is 1.11. The van der Waals surface area contributed by atoms with Crippen molar-refractivity contribution in [2.24, 2.45) is 0 Å². The van der Waals surface area contributed by atoms with Crippen molar-refractivity contribution in [3.05, 3.63) is 41.7 Å². The van der Waals surface area contributed by atoms with Gasteiger partial charge in [0.25, 0.3) is 0 Å². The molecule has 0 saturated heterocycles. The van der Waals surface area contributed by atoms with Crippen molar-refractivity contribution < 1.29 is 0 Å². The van der Waals surface area contributed by atoms with E-state index in [0.717, 1.165) is 12.8 Å². The standard InChI is InChI=1S/C13H15N/c1-3-10-7-12-5-6-14-9-13(12)8-11(10)4-2/h5-9H,3-4H2,1-2H3. The summed E-state index contributed by atoms with van der Waals surface area (Å²) in [5.41, 5.74) is 2.92. The molecule has 0 unspecified atom stereocenters. The van der Waals surface area contributed by atoms with Gasteiger partial charge in [-0.3, -0.25) is 4.98 Å². The first kappa shape index (κ1) is 9.20. The van der Waals surface area contributed by atoms with Gasteiger partial charge in [-0.1, -0.05) is 19.9 Å². The van der Waals surface area contributed by atoms with Crippen LogP contribution in [0.2, 0.25) is 0 Å². The third-order valence-electron chi connectivity index (χ3n) is 2.72. The van der Waals surface area contributed by atoms with Crippen molar-refractivity contribution >= 4 is 10.8 Å². The molecule has 1 heterocycles. The molecule has 0 N–H and O–H groups in total. The molecule has 0 fully saturated rings. The lowest BCUT2D eigenvalue weighted by atomic mass is 9.99. The molecule has 0 bridgehead atoms. The van der Waals surface area contributed by atoms with Gasteiger partial charge in [0, 0.05) is 17.8 Å². The van der Waals surface area contributed by atoms with Crippen LogP contribution in [0.4, 0.5) is 0 Å². The summed E-state index contributed by atoms with van der Waals surface area (Å²) >= 11 is 0. The van der Waals surface area contributed by atoms with Gasteiger partial charge in [0.1, 0.15) is 0 Å². The zero-order chi connectivity index (χ0) is 9.97. The van der Waals surface area contributed by atoms with Crippen molar-refractivity contribution in [2.45, 2.75) is 26.7 Å². The van der Waals surface area contributed by atoms with Gasteiger partial charge < -0.3 is 0 Å². The molecule has 2 rings (SSSR count). The van der Waals surface area contributed by atoms with Gasteiger partial charge in [0.2, 0.25) is 0 Å². The first-order chi connectivity index (χ1) is 6.85. The number of nitrogens with zero attached hydrogens (tertiary/aromatic N) is 1. The van der Waals surface area contributed by atoms with E-state index in [1.54, 1.807) is 0 Å². The second-order valence-electron chi connectivity index (χ2n) is 3.55. The molecule has 0 aliphatic carbocycles. The molecule has 0 amide bonds. The second-order valence-corrected chi connectivity index (χ2v) is 3.55. The summed E-state index contributed by atoms with van der Waals surface area (Å²) in [7, 11) is 0. The number of hydrogen-bond donors (Lipinski definition) is 0. The molecule has 0 radical (unpaired) electrons. The van der Waals surface area contributed by atoms with Crippen molar-refractivity contribution in [1.29, 1.82) is 0 Å². The average molecular weight is 185 g/mol. The van der Waals surface area contributed by atoms with Gasteiger partial charge in [0.05, 0.1) is 0 Å². The molecule has 0 aliphatic rings. The highest BCUT2D eigenvalue weighted by atomic mass is 14.6. The second kappa shape index (κ2) is 3.79. The molecule has 1 aromatic carbocycles. The van der Waals surface area contributed by atoms with Crippen molar-refractivity contribution in [1.82, 2.24) is 4.98 Å². The Labute approximate surface area is 84.8 Å². The van der Waals surface area contributed by atoms with Gasteiger partial charge in [-0.05, 0) is 41.5 Å². The lowest BCUT2D eigenvalue weighted by molar-refractivity contribution is 1.04. The molecule has 0 spiro atoms. The van der Waals surface area contributed by atoms with Crippen molar-refractivity contribution in [2.75, 3.05) is 0 Å². The minimum Gasteiger partial charge on any atom is -0.264 e. The monoisotopic (exact) mass is 185 g/mol. The number of fused-ring (bicyclic) bond motifs is 1. The largest absolute Gasteiger partial charge is 0.264 e. The number of benzene rings is 1. The Balaban J connectivity index is 2.69. The van der Waals surface area contributed by atoms with Crippen LogP contribution in [0.15, 0.2) is 30.6 Å². The van der Waals surface area contributed by atoms with Gasteiger partial charge in [-0.2, -0.15) is 0 Å². The third kappa shape index (κ3) is 1.50. The Morgan fingerprint density at radius 3 is 2.29 bits per heavy atom. The Kier molecular flexibility index (Phi) is 2.49. The topological polar surface area (TPSA) is 12.9 Å². The van der Waals surface area contributed by atoms with Crippen LogP contribution in [0, 0.1) is 0 Å². The minimum absolute atomic E-state index is 1.11. The number of aromatic nitrogens is 1. The third-order valence-corrected chi connectivity index (χ3v) is 2.72. The molecular weight excluding hydrogens is 170 g/mol. The summed E-state index contributed by atoms with van der Waals surface area (Å²) in [6, 6.07) is 6.63. The van der Waals surface area contributed by atoms with Crippen molar-refractivity contribution in [3.63, 3.8) is 0 Å². The lowest BCUT2D eigenvalue weighted by Gasteiger charge is -2.07. The number of aryl methyl sites for hydroxylation is 2. The molecule has 14 heavy (non-hydrogen) atoms. The summed E-state index contributed by atoms with van der Waals surface area (Å²) in [6.45, 7) is 4.41. The van der Waals surface area contributed by atoms with Crippen LogP contribution >= 0.6 is 0 Å². The Hall–Kier alpha value is -1.37. The van der Waals surface area contributed by atoms with Crippen LogP contribution in [0.25, 0.3) is 10.8 Å². The zero-order valence-corrected chi connectivity index (χ0v) is 8.75. The van der Waals surface area contributed by atoms with Gasteiger partial charge >= 0.3 is 0 Å². The molecular formula is C13H15N. The average Bonchev–Trinajstić information content (AvgIpc) is 2.27. The summed E-state index contributed by atoms with van der Waals surface area (Å²) < 4.78 is 0. The Bertz CT molecular complexity index is 403. The van der Waals surface area contributed by atoms with Crippen LogP contribution in [0.5, 0.6) is 0 Å². The van der Waals surface area contributed by atoms with E-state index in [9.17, 15) is 0 Å². The number of pyridine rings is 1. The lowest BCUT2D eigenvalue weighted by Crippen LogP contribution is -1.91. The van der Waals surface area contributed by atoms with Crippen LogP contribution in [-0.2, 0) is 12.8 Å². The molecule has 2 aromatic rings. The smallest absolute Gasteiger partial charge is 0.0346 e. The zero-order valence-electron chi connectivity index (χ0n) is 8.75. The fraction of sp³-hybridized carbons (Fsp3) is 0.308. The summed E-state index contributed by atoms with van der Waals surface area (Å²) in [5, 5.41) is 2.55. The van der Waals surface area contributed by atoms with Crippen LogP contribution in [0.3, 0.4) is 0 Å². The molecule has 1 heteroatoms. The first-order valence-electron chi connectivity index (χ1n) is 5.20. The van der Waals surface area contributed by atoms with Gasteiger partial charge in [0.15, 0.2) is 0 Å². The van der Waals surface area contributed by atoms with E-state index >= 15 is 0 Å². The summed E-state index contributed by atoms with van der Waals surface area (Å²) in [4.78, 5) is 4.14. The van der Waals surface area contributed by atoms with Crippen LogP contribution < -0.4 is 0 Å². The molecule has 72 valence electrons. The molecule has 1 aromatic heterocycles. The highest BCUT2D eigenvalue weighted by molar-refractivity contribution is 5.83. The van der Waals surface area contributed by atoms with E-state index < -0.39 is 0 Å². The van der Waals surface area contributed by atoms with E-state index in [2.05, 4.69) is 37.0 Å². The normalized spacial score (nSPS) is 10.7.